The highest BCUT2D eigenvalue weighted by Crippen LogP contribution is 2.44. The van der Waals surface area contributed by atoms with Crippen LogP contribution in [0.15, 0.2) is 60.2 Å². The molecule has 8 heteroatoms. The zero-order valence-corrected chi connectivity index (χ0v) is 18.2. The molecule has 0 spiro atoms. The molecule has 8 nitrogen and oxygen atoms in total. The molecule has 2 amide bonds. The van der Waals surface area contributed by atoms with Gasteiger partial charge in [-0.05, 0) is 35.6 Å². The number of benzene rings is 2. The van der Waals surface area contributed by atoms with Gasteiger partial charge in [0.05, 0.1) is 6.04 Å². The lowest BCUT2D eigenvalue weighted by atomic mass is 9.98. The topological polar surface area (TPSA) is 114 Å². The smallest absolute Gasteiger partial charge is 0.407 e. The van der Waals surface area contributed by atoms with Crippen molar-refractivity contribution in [3.8, 4) is 11.1 Å². The molecule has 0 bridgehead atoms. The summed E-state index contributed by atoms with van der Waals surface area (Å²) < 4.78 is 10.6. The summed E-state index contributed by atoms with van der Waals surface area (Å²) in [4.78, 5) is 35.7. The van der Waals surface area contributed by atoms with E-state index >= 15 is 0 Å². The Kier molecular flexibility index (Phi) is 6.74. The van der Waals surface area contributed by atoms with Crippen molar-refractivity contribution >= 4 is 18.0 Å². The Morgan fingerprint density at radius 1 is 1.09 bits per heavy atom. The van der Waals surface area contributed by atoms with E-state index in [1.807, 2.05) is 24.3 Å². The Labute approximate surface area is 191 Å². The van der Waals surface area contributed by atoms with Crippen LogP contribution in [0.1, 0.15) is 30.4 Å². The minimum atomic E-state index is -1.10. The van der Waals surface area contributed by atoms with Gasteiger partial charge < -0.3 is 25.2 Å². The van der Waals surface area contributed by atoms with E-state index in [4.69, 9.17) is 14.6 Å². The van der Waals surface area contributed by atoms with Crippen LogP contribution in [0.2, 0.25) is 0 Å². The molecule has 1 aliphatic carbocycles. The van der Waals surface area contributed by atoms with Crippen LogP contribution in [0, 0.1) is 0 Å². The molecule has 4 rings (SSSR count). The molecule has 0 unspecified atom stereocenters. The van der Waals surface area contributed by atoms with Crippen LogP contribution >= 0.6 is 0 Å². The summed E-state index contributed by atoms with van der Waals surface area (Å²) in [5, 5.41) is 14.4. The molecule has 1 heterocycles. The monoisotopic (exact) mass is 450 g/mol. The quantitative estimate of drug-likeness (QED) is 0.559. The predicted octanol–water partition coefficient (Wildman–Crippen LogP) is 2.83. The fraction of sp³-hybridized carbons (Fsp3) is 0.320. The Balaban J connectivity index is 1.27. The largest absolute Gasteiger partial charge is 0.479 e. The summed E-state index contributed by atoms with van der Waals surface area (Å²) in [6.07, 6.45) is 0.383. The van der Waals surface area contributed by atoms with Crippen molar-refractivity contribution in [2.45, 2.75) is 31.4 Å². The third-order valence-electron chi connectivity index (χ3n) is 6.01. The summed E-state index contributed by atoms with van der Waals surface area (Å²) >= 11 is 0. The van der Waals surface area contributed by atoms with Gasteiger partial charge in [-0.2, -0.15) is 0 Å². The number of carbonyl (C=O) groups excluding carboxylic acids is 2. The van der Waals surface area contributed by atoms with Crippen molar-refractivity contribution in [3.63, 3.8) is 0 Å². The van der Waals surface area contributed by atoms with Crippen molar-refractivity contribution in [2.75, 3.05) is 19.8 Å². The fourth-order valence-electron chi connectivity index (χ4n) is 4.29. The zero-order valence-electron chi connectivity index (χ0n) is 18.2. The van der Waals surface area contributed by atoms with Gasteiger partial charge in [0.15, 0.2) is 6.10 Å². The Morgan fingerprint density at radius 3 is 2.36 bits per heavy atom. The lowest BCUT2D eigenvalue weighted by Gasteiger charge is -2.16. The zero-order chi connectivity index (χ0) is 23.4. The highest BCUT2D eigenvalue weighted by molar-refractivity contribution is 5.93. The van der Waals surface area contributed by atoms with E-state index in [0.29, 0.717) is 12.0 Å². The minimum Gasteiger partial charge on any atom is -0.479 e. The van der Waals surface area contributed by atoms with Crippen LogP contribution < -0.4 is 10.6 Å². The summed E-state index contributed by atoms with van der Waals surface area (Å²) in [5.74, 6) is -1.52. The molecule has 2 atom stereocenters. The number of fused-ring (bicyclic) bond motifs is 3. The molecular formula is C25H26N2O6. The third kappa shape index (κ3) is 4.90. The summed E-state index contributed by atoms with van der Waals surface area (Å²) in [6.45, 7) is 2.20. The van der Waals surface area contributed by atoms with Gasteiger partial charge in [-0.3, -0.25) is 4.79 Å². The average Bonchev–Trinajstić information content (AvgIpc) is 3.40. The van der Waals surface area contributed by atoms with E-state index in [0.717, 1.165) is 22.3 Å². The van der Waals surface area contributed by atoms with Crippen molar-refractivity contribution in [2.24, 2.45) is 0 Å². The van der Waals surface area contributed by atoms with E-state index < -0.39 is 30.1 Å². The van der Waals surface area contributed by atoms with Gasteiger partial charge in [0.2, 0.25) is 5.91 Å². The molecule has 0 aromatic heterocycles. The normalized spacial score (nSPS) is 19.5. The molecular weight excluding hydrogens is 424 g/mol. The van der Waals surface area contributed by atoms with Crippen LogP contribution in [0.3, 0.4) is 0 Å². The Bertz CT molecular complexity index is 1050. The summed E-state index contributed by atoms with van der Waals surface area (Å²) in [6, 6.07) is 15.6. The number of nitrogens with one attached hydrogen (secondary N) is 2. The molecule has 3 N–H and O–H groups in total. The van der Waals surface area contributed by atoms with Gasteiger partial charge in [0.1, 0.15) is 6.61 Å². The van der Waals surface area contributed by atoms with Crippen LogP contribution in [-0.2, 0) is 19.1 Å². The number of ether oxygens (including phenoxy) is 2. The van der Waals surface area contributed by atoms with Gasteiger partial charge in [0.25, 0.3) is 0 Å². The molecule has 172 valence electrons. The van der Waals surface area contributed by atoms with Crippen molar-refractivity contribution in [1.29, 1.82) is 0 Å². The number of carboxylic acid groups (broad SMARTS) is 1. The molecule has 1 aliphatic heterocycles. The van der Waals surface area contributed by atoms with Gasteiger partial charge >= 0.3 is 12.1 Å². The van der Waals surface area contributed by atoms with E-state index in [1.54, 1.807) is 13.0 Å². The number of amides is 2. The van der Waals surface area contributed by atoms with Crippen LogP contribution in [0.25, 0.3) is 11.1 Å². The fourth-order valence-corrected chi connectivity index (χ4v) is 4.29. The summed E-state index contributed by atoms with van der Waals surface area (Å²) in [5.41, 5.74) is 4.95. The first kappa shape index (κ1) is 22.5. The number of rotatable bonds is 7. The number of hydrogen-bond donors (Lipinski definition) is 3. The van der Waals surface area contributed by atoms with Gasteiger partial charge in [-0.15, -0.1) is 0 Å². The molecule has 0 radical (unpaired) electrons. The first-order valence-corrected chi connectivity index (χ1v) is 10.9. The van der Waals surface area contributed by atoms with Crippen molar-refractivity contribution in [1.82, 2.24) is 10.6 Å². The van der Waals surface area contributed by atoms with E-state index in [-0.39, 0.29) is 25.7 Å². The number of alkyl carbamates (subject to hydrolysis) is 1. The highest BCUT2D eigenvalue weighted by atomic mass is 16.5. The minimum absolute atomic E-state index is 0.0259. The lowest BCUT2D eigenvalue weighted by molar-refractivity contribution is -0.148. The summed E-state index contributed by atoms with van der Waals surface area (Å²) in [7, 11) is 0. The molecule has 1 saturated heterocycles. The van der Waals surface area contributed by atoms with Crippen LogP contribution in [-0.4, -0.2) is 55.0 Å². The van der Waals surface area contributed by atoms with E-state index in [1.165, 1.54) is 0 Å². The third-order valence-corrected chi connectivity index (χ3v) is 6.01. The maximum atomic E-state index is 12.3. The van der Waals surface area contributed by atoms with Crippen LogP contribution in [0.4, 0.5) is 4.79 Å². The Morgan fingerprint density at radius 2 is 1.73 bits per heavy atom. The lowest BCUT2D eigenvalue weighted by Crippen LogP contribution is -2.44. The van der Waals surface area contributed by atoms with Gasteiger partial charge in [-0.25, -0.2) is 9.59 Å². The highest BCUT2D eigenvalue weighted by Gasteiger charge is 2.35. The second kappa shape index (κ2) is 9.87. The second-order valence-corrected chi connectivity index (χ2v) is 8.09. The number of aliphatic carboxylic acids is 1. The second-order valence-electron chi connectivity index (χ2n) is 8.09. The first-order valence-electron chi connectivity index (χ1n) is 10.9. The number of carboxylic acids is 1. The maximum Gasteiger partial charge on any atom is 0.407 e. The molecule has 2 aliphatic rings. The molecule has 1 fully saturated rings. The number of carbonyl (C=O) groups is 3. The average molecular weight is 450 g/mol. The molecule has 2 aromatic rings. The first-order chi connectivity index (χ1) is 16.0. The Hall–Kier alpha value is -3.65. The maximum absolute atomic E-state index is 12.3. The van der Waals surface area contributed by atoms with Gasteiger partial charge in [-0.1, -0.05) is 54.6 Å². The van der Waals surface area contributed by atoms with Crippen LogP contribution in [0.5, 0.6) is 0 Å². The molecule has 33 heavy (non-hydrogen) atoms. The van der Waals surface area contributed by atoms with Crippen molar-refractivity contribution in [3.05, 3.63) is 71.3 Å². The van der Waals surface area contributed by atoms with Crippen molar-refractivity contribution < 1.29 is 29.0 Å². The van der Waals surface area contributed by atoms with Gasteiger partial charge in [0, 0.05) is 24.6 Å². The molecule has 2 aromatic carbocycles. The predicted molar refractivity (Wildman–Crippen MR) is 121 cm³/mol. The standard InChI is InChI=1S/C25H26N2O6/c1-15(23(28)27-21-11-13-32-22(21)24(29)30)10-12-26-25(31)33-14-20-18-8-4-2-6-16(18)17-7-3-5-9-19(17)20/h2-10,20-22H,11-14H2,1H3,(H,26,31)(H,27,28)(H,29,30)/b15-10+/t21-,22+/m0/s1. The van der Waals surface area contributed by atoms with E-state index in [9.17, 15) is 14.4 Å². The molecule has 0 saturated carbocycles. The number of hydrogen-bond acceptors (Lipinski definition) is 5. The SMILES string of the molecule is C/C(=C\CNC(=O)OCC1c2ccccc2-c2ccccc21)C(=O)N[C@H]1CCO[C@H]1C(=O)O. The van der Waals surface area contributed by atoms with E-state index in [2.05, 4.69) is 34.9 Å².